The molecule has 6 heteroatoms. The fraction of sp³-hybridized carbons (Fsp3) is 0.583. The summed E-state index contributed by atoms with van der Waals surface area (Å²) in [6, 6.07) is 0. The maximum Gasteiger partial charge on any atom is 0.241 e. The average Bonchev–Trinajstić information content (AvgIpc) is 2.52. The third-order valence-electron chi connectivity index (χ3n) is 3.20. The third kappa shape index (κ3) is 2.56. The Bertz CT molecular complexity index is 452. The second-order valence-corrected chi connectivity index (χ2v) is 4.77. The molecule has 0 bridgehead atoms. The maximum absolute atomic E-state index is 11.9. The van der Waals surface area contributed by atoms with Gasteiger partial charge in [-0.25, -0.2) is 9.97 Å². The van der Waals surface area contributed by atoms with Crippen molar-refractivity contribution in [3.05, 3.63) is 17.0 Å². The van der Waals surface area contributed by atoms with Crippen LogP contribution in [0.4, 0.5) is 5.82 Å². The first-order chi connectivity index (χ1) is 8.63. The maximum atomic E-state index is 11.9. The zero-order chi connectivity index (χ0) is 13.1. The number of carbonyl (C=O) groups is 1. The van der Waals surface area contributed by atoms with E-state index in [9.17, 15) is 4.79 Å². The number of rotatable bonds is 2. The average molecular weight is 269 g/mol. The molecule has 0 aliphatic carbocycles. The predicted molar refractivity (Wildman–Crippen MR) is 70.9 cm³/mol. The van der Waals surface area contributed by atoms with Crippen LogP contribution in [0.25, 0.3) is 0 Å². The Kier molecular flexibility index (Phi) is 4.01. The van der Waals surface area contributed by atoms with E-state index in [1.165, 1.54) is 6.33 Å². The van der Waals surface area contributed by atoms with Gasteiger partial charge >= 0.3 is 0 Å². The van der Waals surface area contributed by atoms with Gasteiger partial charge in [-0.3, -0.25) is 4.79 Å². The van der Waals surface area contributed by atoms with Gasteiger partial charge in [0.2, 0.25) is 5.91 Å². The van der Waals surface area contributed by atoms with E-state index in [-0.39, 0.29) is 5.91 Å². The van der Waals surface area contributed by atoms with Crippen LogP contribution in [0.5, 0.6) is 0 Å². The highest BCUT2D eigenvalue weighted by atomic mass is 35.5. The van der Waals surface area contributed by atoms with Gasteiger partial charge in [0, 0.05) is 25.7 Å². The topological polar surface area (TPSA) is 49.3 Å². The Hall–Kier alpha value is -1.36. The van der Waals surface area contributed by atoms with Crippen LogP contribution in [0.15, 0.2) is 6.33 Å². The summed E-state index contributed by atoms with van der Waals surface area (Å²) in [4.78, 5) is 23.9. The van der Waals surface area contributed by atoms with Crippen LogP contribution in [0, 0.1) is 0 Å². The van der Waals surface area contributed by atoms with E-state index < -0.39 is 0 Å². The number of halogens is 1. The largest absolute Gasteiger partial charge is 0.347 e. The number of nitrogens with zero attached hydrogens (tertiary/aromatic N) is 4. The summed E-state index contributed by atoms with van der Waals surface area (Å²) in [7, 11) is 1.83. The van der Waals surface area contributed by atoms with E-state index in [0.717, 1.165) is 37.3 Å². The molecule has 5 nitrogen and oxygen atoms in total. The zero-order valence-corrected chi connectivity index (χ0v) is 11.4. The fourth-order valence-electron chi connectivity index (χ4n) is 2.13. The highest BCUT2D eigenvalue weighted by Gasteiger charge is 2.22. The summed E-state index contributed by atoms with van der Waals surface area (Å²) in [5.41, 5.74) is 0.913. The van der Waals surface area contributed by atoms with Crippen molar-refractivity contribution in [3.63, 3.8) is 0 Å². The molecule has 0 atom stereocenters. The summed E-state index contributed by atoms with van der Waals surface area (Å²) in [6.07, 6.45) is 3.15. The van der Waals surface area contributed by atoms with Crippen LogP contribution in [-0.2, 0) is 11.2 Å². The Morgan fingerprint density at radius 1 is 1.39 bits per heavy atom. The summed E-state index contributed by atoms with van der Waals surface area (Å²) in [5, 5.41) is 0.479. The molecular weight excluding hydrogens is 252 g/mol. The number of hydrogen-bond acceptors (Lipinski definition) is 4. The molecule has 1 aliphatic rings. The molecule has 0 N–H and O–H groups in total. The third-order valence-corrected chi connectivity index (χ3v) is 3.52. The van der Waals surface area contributed by atoms with Gasteiger partial charge < -0.3 is 9.80 Å². The van der Waals surface area contributed by atoms with E-state index in [2.05, 4.69) is 9.97 Å². The number of hydrogen-bond donors (Lipinski definition) is 0. The van der Waals surface area contributed by atoms with Gasteiger partial charge in [0.05, 0.1) is 6.54 Å². The van der Waals surface area contributed by atoms with Crippen molar-refractivity contribution in [2.45, 2.75) is 19.8 Å². The molecule has 1 fully saturated rings. The van der Waals surface area contributed by atoms with Crippen molar-refractivity contribution >= 4 is 23.3 Å². The first-order valence-electron chi connectivity index (χ1n) is 6.11. The lowest BCUT2D eigenvalue weighted by atomic mass is 10.2. The second-order valence-electron chi connectivity index (χ2n) is 4.41. The van der Waals surface area contributed by atoms with E-state index in [4.69, 9.17) is 11.6 Å². The highest BCUT2D eigenvalue weighted by molar-refractivity contribution is 6.30. The Morgan fingerprint density at radius 2 is 2.17 bits per heavy atom. The van der Waals surface area contributed by atoms with Gasteiger partial charge in [0.25, 0.3) is 0 Å². The first kappa shape index (κ1) is 13.1. The summed E-state index contributed by atoms with van der Waals surface area (Å²) >= 11 is 6.08. The molecule has 2 rings (SSSR count). The second kappa shape index (κ2) is 5.52. The monoisotopic (exact) mass is 268 g/mol. The van der Waals surface area contributed by atoms with Crippen LogP contribution < -0.4 is 4.90 Å². The van der Waals surface area contributed by atoms with E-state index >= 15 is 0 Å². The molecule has 0 radical (unpaired) electrons. The van der Waals surface area contributed by atoms with Crippen molar-refractivity contribution in [1.82, 2.24) is 14.9 Å². The van der Waals surface area contributed by atoms with Crippen LogP contribution >= 0.6 is 11.6 Å². The minimum atomic E-state index is 0.115. The molecule has 1 aromatic heterocycles. The Morgan fingerprint density at radius 3 is 2.89 bits per heavy atom. The Labute approximate surface area is 112 Å². The van der Waals surface area contributed by atoms with Crippen LogP contribution in [0.3, 0.4) is 0 Å². The van der Waals surface area contributed by atoms with Crippen molar-refractivity contribution < 1.29 is 4.79 Å². The molecule has 1 saturated heterocycles. The van der Waals surface area contributed by atoms with Crippen molar-refractivity contribution in [3.8, 4) is 0 Å². The minimum Gasteiger partial charge on any atom is -0.347 e. The molecule has 0 saturated carbocycles. The van der Waals surface area contributed by atoms with Gasteiger partial charge in [-0.1, -0.05) is 18.5 Å². The number of likely N-dealkylation sites (N-methyl/N-ethyl adjacent to an activating group) is 1. The summed E-state index contributed by atoms with van der Waals surface area (Å²) in [5.74, 6) is 0.908. The normalized spacial score (nSPS) is 16.9. The smallest absolute Gasteiger partial charge is 0.241 e. The van der Waals surface area contributed by atoms with Crippen molar-refractivity contribution in [2.75, 3.05) is 31.6 Å². The molecule has 18 heavy (non-hydrogen) atoms. The summed E-state index contributed by atoms with van der Waals surface area (Å²) in [6.45, 7) is 3.97. The first-order valence-corrected chi connectivity index (χ1v) is 6.49. The molecular formula is C12H17ClN4O. The van der Waals surface area contributed by atoms with Gasteiger partial charge in [-0.15, -0.1) is 0 Å². The molecule has 1 amide bonds. The van der Waals surface area contributed by atoms with Crippen molar-refractivity contribution in [1.29, 1.82) is 0 Å². The SMILES string of the molecule is CCc1c(Cl)ncnc1N1CCCN(C)C(=O)C1. The lowest BCUT2D eigenvalue weighted by molar-refractivity contribution is -0.127. The number of amides is 1. The number of aromatic nitrogens is 2. The van der Waals surface area contributed by atoms with Gasteiger partial charge in [0.15, 0.2) is 0 Å². The van der Waals surface area contributed by atoms with Gasteiger partial charge in [-0.2, -0.15) is 0 Å². The lowest BCUT2D eigenvalue weighted by Gasteiger charge is -2.23. The van der Waals surface area contributed by atoms with E-state index in [0.29, 0.717) is 11.7 Å². The Balaban J connectivity index is 2.30. The molecule has 0 spiro atoms. The number of anilines is 1. The van der Waals surface area contributed by atoms with Crippen molar-refractivity contribution in [2.24, 2.45) is 0 Å². The minimum absolute atomic E-state index is 0.115. The molecule has 1 aromatic rings. The molecule has 0 aromatic carbocycles. The fourth-order valence-corrected chi connectivity index (χ4v) is 2.39. The summed E-state index contributed by atoms with van der Waals surface area (Å²) < 4.78 is 0. The van der Waals surface area contributed by atoms with Gasteiger partial charge in [-0.05, 0) is 12.8 Å². The van der Waals surface area contributed by atoms with E-state index in [1.54, 1.807) is 4.90 Å². The standard InChI is InChI=1S/C12H17ClN4O/c1-3-9-11(13)14-8-15-12(9)17-6-4-5-16(2)10(18)7-17/h8H,3-7H2,1-2H3. The molecule has 0 unspecified atom stereocenters. The number of carbonyl (C=O) groups excluding carboxylic acids is 1. The van der Waals surface area contributed by atoms with E-state index in [1.807, 2.05) is 18.9 Å². The molecule has 2 heterocycles. The lowest BCUT2D eigenvalue weighted by Crippen LogP contribution is -2.35. The quantitative estimate of drug-likeness (QED) is 0.760. The molecule has 1 aliphatic heterocycles. The van der Waals surface area contributed by atoms with Crippen LogP contribution in [0.1, 0.15) is 18.9 Å². The predicted octanol–water partition coefficient (Wildman–Crippen LogP) is 1.36. The highest BCUT2D eigenvalue weighted by Crippen LogP contribution is 2.24. The molecule has 98 valence electrons. The van der Waals surface area contributed by atoms with Crippen LogP contribution in [-0.4, -0.2) is 47.5 Å². The zero-order valence-electron chi connectivity index (χ0n) is 10.7. The van der Waals surface area contributed by atoms with Gasteiger partial charge in [0.1, 0.15) is 17.3 Å². The van der Waals surface area contributed by atoms with Crippen LogP contribution in [0.2, 0.25) is 5.15 Å².